The Bertz CT molecular complexity index is 0. The van der Waals surface area contributed by atoms with Crippen molar-refractivity contribution in [2.75, 3.05) is 0 Å². The molecule has 0 aromatic heterocycles. The van der Waals surface area contributed by atoms with Crippen molar-refractivity contribution in [2.24, 2.45) is 0 Å². The average Bonchev–Trinajstić information content (AvgIpc) is 0. The molecule has 27 heteroatoms. The predicted molar refractivity (Wildman–Crippen MR) is 0 cm³/mol. The van der Waals surface area contributed by atoms with Crippen molar-refractivity contribution in [1.82, 2.24) is 0 Å². The summed E-state index contributed by atoms with van der Waals surface area (Å²) in [6.45, 7) is 0. The molecule has 0 aromatic rings. The smallest absolute Gasteiger partial charge is 0 e. The third-order valence-electron chi connectivity index (χ3n) is 0. The van der Waals surface area contributed by atoms with Gasteiger partial charge in [-0.2, -0.15) is 0 Å². The molecule has 27 heavy (non-hydrogen) atoms. The molecule has 0 aliphatic heterocycles. The fourth-order valence-corrected chi connectivity index (χ4v) is 0. The van der Waals surface area contributed by atoms with Crippen LogP contribution in [0.4, 0.5) is 0 Å². The molecule has 0 saturated heterocycles. The van der Waals surface area contributed by atoms with Gasteiger partial charge in [0, 0.05) is 453 Å². The van der Waals surface area contributed by atoms with Gasteiger partial charge in [0.05, 0.1) is 0 Å². The third-order valence-corrected chi connectivity index (χ3v) is 0. The Morgan fingerprint density at radius 3 is 0.0370 bits per heavy atom. The van der Waals surface area contributed by atoms with Crippen LogP contribution in [0.3, 0.4) is 0 Å². The van der Waals surface area contributed by atoms with Gasteiger partial charge >= 0.3 is 0 Å². The molecule has 0 saturated carbocycles. The minimum atomic E-state index is 0. The van der Waals surface area contributed by atoms with Gasteiger partial charge in [0.1, 0.15) is 0 Å². The molecule has 243 valence electrons. The van der Waals surface area contributed by atoms with Crippen LogP contribution in [0.1, 0.15) is 0 Å². The Hall–Kier alpha value is 13.7. The van der Waals surface area contributed by atoms with Crippen LogP contribution in [-0.4, -0.2) is 0 Å². The van der Waals surface area contributed by atoms with E-state index >= 15 is 0 Å². The van der Waals surface area contributed by atoms with Crippen LogP contribution < -0.4 is 0 Å². The Labute approximate surface area is 442 Å². The summed E-state index contributed by atoms with van der Waals surface area (Å²) in [5.41, 5.74) is 0. The molecular weight excluding hydrogens is 1590 g/mol. The van der Waals surface area contributed by atoms with Crippen LogP contribution >= 0.6 is 0 Å². The molecule has 0 bridgehead atoms. The Kier molecular flexibility index (Phi) is 4020. The second-order valence-corrected chi connectivity index (χ2v) is 0. The molecule has 0 aliphatic carbocycles. The third kappa shape index (κ3) is 301. The van der Waals surface area contributed by atoms with E-state index in [9.17, 15) is 0 Å². The van der Waals surface area contributed by atoms with E-state index in [1.54, 1.807) is 0 Å². The van der Waals surface area contributed by atoms with Crippen LogP contribution in [-0.2, 0) is 453 Å². The minimum Gasteiger partial charge on any atom is 0 e. The van der Waals surface area contributed by atoms with Crippen molar-refractivity contribution >= 4 is 0 Å². The van der Waals surface area contributed by atoms with E-state index in [4.69, 9.17) is 0 Å². The first kappa shape index (κ1) is 342. The van der Waals surface area contributed by atoms with Gasteiger partial charge in [-0.05, 0) is 0 Å². The quantitative estimate of drug-likeness (QED) is 0.320. The molecule has 0 aliphatic rings. The second kappa shape index (κ2) is 317. The van der Waals surface area contributed by atoms with Crippen molar-refractivity contribution in [1.29, 1.82) is 0 Å². The largest absolute Gasteiger partial charge is 0 e. The molecule has 0 fully saturated rings. The van der Waals surface area contributed by atoms with E-state index in [1.807, 2.05) is 0 Å². The molecule has 0 heterocycles. The zero-order chi connectivity index (χ0) is 0. The Morgan fingerprint density at radius 2 is 0.0370 bits per heavy atom. The van der Waals surface area contributed by atoms with Crippen molar-refractivity contribution in [3.8, 4) is 0 Å². The standard InChI is InChI=1S/27Co. The van der Waals surface area contributed by atoms with Gasteiger partial charge in [-0.3, -0.25) is 0 Å². The average molecular weight is 1590 g/mol. The first-order valence-corrected chi connectivity index (χ1v) is 0. The van der Waals surface area contributed by atoms with E-state index in [-0.39, 0.29) is 453 Å². The first-order valence-electron chi connectivity index (χ1n) is 0. The molecule has 0 nitrogen and oxygen atoms in total. The van der Waals surface area contributed by atoms with E-state index < -0.39 is 0 Å². The van der Waals surface area contributed by atoms with Crippen molar-refractivity contribution < 1.29 is 453 Å². The van der Waals surface area contributed by atoms with E-state index in [0.717, 1.165) is 0 Å². The van der Waals surface area contributed by atoms with Crippen molar-refractivity contribution in [3.63, 3.8) is 0 Å². The van der Waals surface area contributed by atoms with Crippen LogP contribution in [0.2, 0.25) is 0 Å². The molecule has 27 radical (unpaired) electrons. The van der Waals surface area contributed by atoms with Gasteiger partial charge in [0.2, 0.25) is 0 Å². The van der Waals surface area contributed by atoms with Gasteiger partial charge in [-0.25, -0.2) is 0 Å². The van der Waals surface area contributed by atoms with Gasteiger partial charge in [0.15, 0.2) is 0 Å². The first-order chi connectivity index (χ1) is 0. The maximum atomic E-state index is 0. The molecule has 0 N–H and O–H groups in total. The normalized spacial score (nSPS) is 0. The van der Waals surface area contributed by atoms with E-state index in [0.29, 0.717) is 0 Å². The summed E-state index contributed by atoms with van der Waals surface area (Å²) in [5.74, 6) is 0. The molecule has 0 aromatic carbocycles. The van der Waals surface area contributed by atoms with E-state index in [2.05, 4.69) is 0 Å². The zero-order valence-corrected chi connectivity index (χ0v) is 37.1. The maximum absolute atomic E-state index is 0. The molecule has 0 amide bonds. The fraction of sp³-hybridized carbons (Fsp3) is 0. The summed E-state index contributed by atoms with van der Waals surface area (Å²) in [6, 6.07) is 0. The van der Waals surface area contributed by atoms with Gasteiger partial charge in [0.25, 0.3) is 0 Å². The predicted octanol–water partition coefficient (Wildman–Crippen LogP) is -0.0675. The number of hydrogen-bond acceptors (Lipinski definition) is 0. The van der Waals surface area contributed by atoms with E-state index in [1.165, 1.54) is 0 Å². The topological polar surface area (TPSA) is 0 Å². The van der Waals surface area contributed by atoms with Crippen LogP contribution in [0.5, 0.6) is 0 Å². The summed E-state index contributed by atoms with van der Waals surface area (Å²) in [6.07, 6.45) is 0. The van der Waals surface area contributed by atoms with Gasteiger partial charge in [-0.1, -0.05) is 0 Å². The molecule has 0 spiro atoms. The zero-order valence-electron chi connectivity index (χ0n) is 9.00. The molecule has 0 atom stereocenters. The summed E-state index contributed by atoms with van der Waals surface area (Å²) < 4.78 is 0. The van der Waals surface area contributed by atoms with Gasteiger partial charge in [-0.15, -0.1) is 0 Å². The summed E-state index contributed by atoms with van der Waals surface area (Å²) in [5, 5.41) is 0. The van der Waals surface area contributed by atoms with Gasteiger partial charge < -0.3 is 0 Å². The Morgan fingerprint density at radius 1 is 0.0370 bits per heavy atom. The fourth-order valence-electron chi connectivity index (χ4n) is 0. The molecule has 0 rings (SSSR count). The van der Waals surface area contributed by atoms with Crippen molar-refractivity contribution in [3.05, 3.63) is 0 Å². The minimum absolute atomic E-state index is 0. The Balaban J connectivity index is 0. The number of rotatable bonds is 0. The van der Waals surface area contributed by atoms with Crippen LogP contribution in [0.25, 0.3) is 0 Å². The summed E-state index contributed by atoms with van der Waals surface area (Å²) in [7, 11) is 0. The summed E-state index contributed by atoms with van der Waals surface area (Å²) in [4.78, 5) is 0. The van der Waals surface area contributed by atoms with Crippen LogP contribution in [0, 0.1) is 0 Å². The SMILES string of the molecule is [Co].[Co].[Co].[Co].[Co].[Co].[Co].[Co].[Co].[Co].[Co].[Co].[Co].[Co].[Co].[Co].[Co].[Co].[Co].[Co].[Co].[Co].[Co].[Co].[Co].[Co].[Co]. The maximum Gasteiger partial charge on any atom is 0 e. The summed E-state index contributed by atoms with van der Waals surface area (Å²) >= 11 is 0. The van der Waals surface area contributed by atoms with Crippen molar-refractivity contribution in [2.45, 2.75) is 0 Å². The molecular formula is Co27. The van der Waals surface area contributed by atoms with Crippen LogP contribution in [0.15, 0.2) is 0 Å². The monoisotopic (exact) mass is 1590 g/mol. The molecule has 0 unspecified atom stereocenters. The second-order valence-electron chi connectivity index (χ2n) is 0. The number of hydrogen-bond donors (Lipinski definition) is 0.